The van der Waals surface area contributed by atoms with Gasteiger partial charge in [0, 0.05) is 6.54 Å². The Morgan fingerprint density at radius 1 is 0.967 bits per heavy atom. The fourth-order valence-electron chi connectivity index (χ4n) is 2.92. The third-order valence-corrected chi connectivity index (χ3v) is 5.03. The predicted molar refractivity (Wildman–Crippen MR) is 119 cm³/mol. The van der Waals surface area contributed by atoms with Crippen molar-refractivity contribution < 1.29 is 24.1 Å². The number of methoxy groups -OCH3 is 2. The monoisotopic (exact) mass is 471 g/mol. The van der Waals surface area contributed by atoms with Crippen LogP contribution in [0.25, 0.3) is 0 Å². The molecule has 3 rings (SSSR count). The van der Waals surface area contributed by atoms with Gasteiger partial charge in [-0.1, -0.05) is 30.3 Å². The van der Waals surface area contributed by atoms with Gasteiger partial charge in [-0.3, -0.25) is 0 Å². The lowest BCUT2D eigenvalue weighted by Crippen LogP contribution is -2.05. The number of carboxylic acid groups (broad SMARTS) is 1. The number of nitrogens with one attached hydrogen (secondary N) is 1. The highest BCUT2D eigenvalue weighted by Gasteiger charge is 2.13. The van der Waals surface area contributed by atoms with E-state index in [9.17, 15) is 9.90 Å². The molecule has 30 heavy (non-hydrogen) atoms. The van der Waals surface area contributed by atoms with Crippen molar-refractivity contribution in [2.75, 3.05) is 19.5 Å². The van der Waals surface area contributed by atoms with Gasteiger partial charge in [0.2, 0.25) is 0 Å². The minimum atomic E-state index is -0.995. The average molecular weight is 472 g/mol. The minimum Gasteiger partial charge on any atom is -0.495 e. The second-order valence-electron chi connectivity index (χ2n) is 6.46. The molecule has 156 valence electrons. The molecule has 0 spiro atoms. The highest BCUT2D eigenvalue weighted by Crippen LogP contribution is 2.37. The first-order valence-corrected chi connectivity index (χ1v) is 9.99. The zero-order chi connectivity index (χ0) is 21.5. The second-order valence-corrected chi connectivity index (χ2v) is 7.31. The summed E-state index contributed by atoms with van der Waals surface area (Å²) in [6.45, 7) is 0.861. The first-order chi connectivity index (χ1) is 14.5. The van der Waals surface area contributed by atoms with Crippen molar-refractivity contribution in [3.05, 3.63) is 81.8 Å². The zero-order valence-electron chi connectivity index (χ0n) is 16.6. The SMILES string of the molecule is COc1ccc(C(=O)O)cc1NCc1cc(Br)c(OCc2ccccc2)c(OC)c1. The number of ether oxygens (including phenoxy) is 3. The quantitative estimate of drug-likeness (QED) is 0.437. The fraction of sp³-hybridized carbons (Fsp3) is 0.174. The van der Waals surface area contributed by atoms with Crippen molar-refractivity contribution in [3.8, 4) is 17.2 Å². The molecule has 7 heteroatoms. The Kier molecular flexibility index (Phi) is 7.19. The number of rotatable bonds is 9. The van der Waals surface area contributed by atoms with Crippen LogP contribution in [-0.4, -0.2) is 25.3 Å². The maximum Gasteiger partial charge on any atom is 0.335 e. The van der Waals surface area contributed by atoms with Crippen LogP contribution in [0, 0.1) is 0 Å². The average Bonchev–Trinajstić information content (AvgIpc) is 2.76. The molecular weight excluding hydrogens is 450 g/mol. The molecule has 6 nitrogen and oxygen atoms in total. The Labute approximate surface area is 183 Å². The molecule has 0 bridgehead atoms. The molecule has 0 saturated carbocycles. The summed E-state index contributed by atoms with van der Waals surface area (Å²) < 4.78 is 17.6. The number of hydrogen-bond donors (Lipinski definition) is 2. The maximum atomic E-state index is 11.3. The first kappa shape index (κ1) is 21.5. The van der Waals surface area contributed by atoms with Gasteiger partial charge in [0.1, 0.15) is 12.4 Å². The number of aromatic carboxylic acids is 1. The van der Waals surface area contributed by atoms with Gasteiger partial charge >= 0.3 is 5.97 Å². The predicted octanol–water partition coefficient (Wildman–Crippen LogP) is 5.36. The minimum absolute atomic E-state index is 0.182. The Balaban J connectivity index is 1.77. The van der Waals surface area contributed by atoms with E-state index in [1.165, 1.54) is 6.07 Å². The zero-order valence-corrected chi connectivity index (χ0v) is 18.2. The Morgan fingerprint density at radius 3 is 2.37 bits per heavy atom. The molecule has 3 aromatic carbocycles. The number of benzene rings is 3. The van der Waals surface area contributed by atoms with Crippen molar-refractivity contribution >= 4 is 27.6 Å². The van der Waals surface area contributed by atoms with Gasteiger partial charge in [0.25, 0.3) is 0 Å². The smallest absolute Gasteiger partial charge is 0.335 e. The van der Waals surface area contributed by atoms with Gasteiger partial charge in [0.05, 0.1) is 29.9 Å². The molecule has 0 heterocycles. The van der Waals surface area contributed by atoms with Crippen LogP contribution in [0.1, 0.15) is 21.5 Å². The number of carbonyl (C=O) groups is 1. The van der Waals surface area contributed by atoms with E-state index >= 15 is 0 Å². The van der Waals surface area contributed by atoms with E-state index in [4.69, 9.17) is 14.2 Å². The van der Waals surface area contributed by atoms with E-state index in [0.717, 1.165) is 15.6 Å². The molecular formula is C23H22BrNO5. The molecule has 0 radical (unpaired) electrons. The number of hydrogen-bond acceptors (Lipinski definition) is 5. The first-order valence-electron chi connectivity index (χ1n) is 9.20. The topological polar surface area (TPSA) is 77.0 Å². The summed E-state index contributed by atoms with van der Waals surface area (Å²) in [5, 5.41) is 12.4. The Morgan fingerprint density at radius 2 is 1.70 bits per heavy atom. The molecule has 3 aromatic rings. The Bertz CT molecular complexity index is 1020. The molecule has 0 unspecified atom stereocenters. The summed E-state index contributed by atoms with van der Waals surface area (Å²) in [5.74, 6) is 0.790. The van der Waals surface area contributed by atoms with Gasteiger partial charge in [0.15, 0.2) is 11.5 Å². The molecule has 0 amide bonds. The third-order valence-electron chi connectivity index (χ3n) is 4.44. The molecule has 0 fully saturated rings. The third kappa shape index (κ3) is 5.24. The summed E-state index contributed by atoms with van der Waals surface area (Å²) in [7, 11) is 3.13. The lowest BCUT2D eigenvalue weighted by molar-refractivity contribution is 0.0697. The highest BCUT2D eigenvalue weighted by molar-refractivity contribution is 9.10. The van der Waals surface area contributed by atoms with Crippen LogP contribution in [0.5, 0.6) is 17.2 Å². The second kappa shape index (κ2) is 10.0. The summed E-state index contributed by atoms with van der Waals surface area (Å²) in [6, 6.07) is 18.4. The standard InChI is InChI=1S/C23H22BrNO5/c1-28-20-9-8-17(23(26)27)12-19(20)25-13-16-10-18(24)22(21(11-16)29-2)30-14-15-6-4-3-5-7-15/h3-12,25H,13-14H2,1-2H3,(H,26,27). The molecule has 0 aliphatic heterocycles. The highest BCUT2D eigenvalue weighted by atomic mass is 79.9. The van der Waals surface area contributed by atoms with Crippen LogP contribution in [-0.2, 0) is 13.2 Å². The molecule has 0 aliphatic rings. The van der Waals surface area contributed by atoms with E-state index in [1.54, 1.807) is 26.4 Å². The molecule has 0 aromatic heterocycles. The number of halogens is 1. The van der Waals surface area contributed by atoms with E-state index < -0.39 is 5.97 Å². The van der Waals surface area contributed by atoms with E-state index in [0.29, 0.717) is 36.1 Å². The van der Waals surface area contributed by atoms with E-state index in [2.05, 4.69) is 21.2 Å². The maximum absolute atomic E-state index is 11.3. The van der Waals surface area contributed by atoms with Crippen LogP contribution in [0.2, 0.25) is 0 Å². The van der Waals surface area contributed by atoms with E-state index in [-0.39, 0.29) is 5.56 Å². The van der Waals surface area contributed by atoms with Gasteiger partial charge in [-0.2, -0.15) is 0 Å². The van der Waals surface area contributed by atoms with Crippen LogP contribution in [0.15, 0.2) is 65.1 Å². The van der Waals surface area contributed by atoms with Crippen molar-refractivity contribution in [2.24, 2.45) is 0 Å². The van der Waals surface area contributed by atoms with Crippen LogP contribution >= 0.6 is 15.9 Å². The van der Waals surface area contributed by atoms with Gasteiger partial charge < -0.3 is 24.6 Å². The molecule has 0 aliphatic carbocycles. The number of anilines is 1. The lowest BCUT2D eigenvalue weighted by atomic mass is 10.1. The summed E-state index contributed by atoms with van der Waals surface area (Å²) >= 11 is 3.56. The van der Waals surface area contributed by atoms with Crippen LogP contribution in [0.4, 0.5) is 5.69 Å². The van der Waals surface area contributed by atoms with Gasteiger partial charge in [-0.15, -0.1) is 0 Å². The number of carboxylic acids is 1. The molecule has 2 N–H and O–H groups in total. The van der Waals surface area contributed by atoms with Gasteiger partial charge in [-0.05, 0) is 57.4 Å². The normalized spacial score (nSPS) is 10.4. The summed E-state index contributed by atoms with van der Waals surface area (Å²) in [4.78, 5) is 11.3. The van der Waals surface area contributed by atoms with Crippen molar-refractivity contribution in [2.45, 2.75) is 13.2 Å². The molecule has 0 atom stereocenters. The Hall–Kier alpha value is -3.19. The van der Waals surface area contributed by atoms with Crippen LogP contribution in [0.3, 0.4) is 0 Å². The van der Waals surface area contributed by atoms with Crippen molar-refractivity contribution in [1.29, 1.82) is 0 Å². The van der Waals surface area contributed by atoms with Crippen molar-refractivity contribution in [1.82, 2.24) is 0 Å². The van der Waals surface area contributed by atoms with Crippen LogP contribution < -0.4 is 19.5 Å². The van der Waals surface area contributed by atoms with Crippen molar-refractivity contribution in [3.63, 3.8) is 0 Å². The lowest BCUT2D eigenvalue weighted by Gasteiger charge is -2.16. The summed E-state index contributed by atoms with van der Waals surface area (Å²) in [6.07, 6.45) is 0. The summed E-state index contributed by atoms with van der Waals surface area (Å²) in [5.41, 5.74) is 2.76. The fourth-order valence-corrected chi connectivity index (χ4v) is 3.53. The van der Waals surface area contributed by atoms with E-state index in [1.807, 2.05) is 42.5 Å². The van der Waals surface area contributed by atoms with Gasteiger partial charge in [-0.25, -0.2) is 4.79 Å². The molecule has 0 saturated heterocycles. The largest absolute Gasteiger partial charge is 0.495 e.